The van der Waals surface area contributed by atoms with Crippen LogP contribution in [0.2, 0.25) is 0 Å². The summed E-state index contributed by atoms with van der Waals surface area (Å²) >= 11 is 0. The topological polar surface area (TPSA) is 75.6 Å². The molecule has 0 aromatic rings. The number of carboxylic acids is 1. The van der Waals surface area contributed by atoms with Crippen LogP contribution >= 0.6 is 0 Å². The molecule has 0 aliphatic heterocycles. The van der Waals surface area contributed by atoms with Crippen LogP contribution < -0.4 is 5.32 Å². The number of carbonyl (C=O) groups is 2. The quantitative estimate of drug-likeness (QED) is 0.701. The lowest BCUT2D eigenvalue weighted by atomic mass is 10.0. The van der Waals surface area contributed by atoms with E-state index in [0.717, 1.165) is 0 Å². The highest BCUT2D eigenvalue weighted by atomic mass is 16.6. The van der Waals surface area contributed by atoms with E-state index in [1.807, 2.05) is 0 Å². The molecule has 0 heterocycles. The number of aliphatic carboxylic acids is 1. The molecule has 1 unspecified atom stereocenters. The van der Waals surface area contributed by atoms with Crippen LogP contribution in [-0.4, -0.2) is 28.8 Å². The number of hydrogen-bond donors (Lipinski definition) is 2. The lowest BCUT2D eigenvalue weighted by Gasteiger charge is -2.22. The minimum absolute atomic E-state index is 0.440. The van der Waals surface area contributed by atoms with Crippen molar-refractivity contribution in [3.8, 4) is 0 Å². The molecule has 1 aliphatic carbocycles. The smallest absolute Gasteiger partial charge is 0.408 e. The number of hydrogen-bond acceptors (Lipinski definition) is 3. The van der Waals surface area contributed by atoms with Gasteiger partial charge in [-0.3, -0.25) is 4.79 Å². The van der Waals surface area contributed by atoms with Crippen LogP contribution in [0.15, 0.2) is 12.2 Å². The highest BCUT2D eigenvalue weighted by Crippen LogP contribution is 2.19. The van der Waals surface area contributed by atoms with E-state index in [2.05, 4.69) is 5.32 Å². The first kappa shape index (κ1) is 12.5. The molecule has 16 heavy (non-hydrogen) atoms. The Labute approximate surface area is 94.5 Å². The van der Waals surface area contributed by atoms with Gasteiger partial charge < -0.3 is 15.2 Å². The summed E-state index contributed by atoms with van der Waals surface area (Å²) < 4.78 is 5.05. The molecule has 0 saturated carbocycles. The van der Waals surface area contributed by atoms with Gasteiger partial charge in [0.1, 0.15) is 5.60 Å². The highest BCUT2D eigenvalue weighted by Gasteiger charge is 2.31. The molecule has 0 radical (unpaired) electrons. The van der Waals surface area contributed by atoms with Crippen molar-refractivity contribution in [2.24, 2.45) is 5.92 Å². The Hall–Kier alpha value is -1.52. The number of nitrogens with one attached hydrogen (secondary N) is 1. The first-order valence-electron chi connectivity index (χ1n) is 5.18. The van der Waals surface area contributed by atoms with E-state index < -0.39 is 29.6 Å². The van der Waals surface area contributed by atoms with Crippen molar-refractivity contribution in [3.63, 3.8) is 0 Å². The van der Waals surface area contributed by atoms with Gasteiger partial charge in [-0.1, -0.05) is 12.2 Å². The summed E-state index contributed by atoms with van der Waals surface area (Å²) in [7, 11) is 0. The molecule has 5 nitrogen and oxygen atoms in total. The lowest BCUT2D eigenvalue weighted by molar-refractivity contribution is -0.141. The van der Waals surface area contributed by atoms with Crippen molar-refractivity contribution in [1.82, 2.24) is 5.32 Å². The standard InChI is InChI=1S/C11H17NO4/c1-11(2,3)16-10(15)12-8-6-4-5-7(8)9(13)14/h4,6-8H,5H2,1-3H3,(H,12,15)(H,13,14)/t7-,8?/m1/s1. The van der Waals surface area contributed by atoms with Gasteiger partial charge in [0.15, 0.2) is 0 Å². The molecular formula is C11H17NO4. The van der Waals surface area contributed by atoms with Crippen LogP contribution in [0, 0.1) is 5.92 Å². The summed E-state index contributed by atoms with van der Waals surface area (Å²) in [6.45, 7) is 5.27. The molecule has 0 bridgehead atoms. The zero-order valence-corrected chi connectivity index (χ0v) is 9.69. The fourth-order valence-electron chi connectivity index (χ4n) is 1.50. The predicted octanol–water partition coefficient (Wildman–Crippen LogP) is 1.54. The molecule has 2 atom stereocenters. The molecule has 0 saturated heterocycles. The molecule has 1 aliphatic rings. The number of carbonyl (C=O) groups excluding carboxylic acids is 1. The normalized spacial score (nSPS) is 24.2. The van der Waals surface area contributed by atoms with E-state index in [0.29, 0.717) is 6.42 Å². The van der Waals surface area contributed by atoms with Gasteiger partial charge in [-0.2, -0.15) is 0 Å². The summed E-state index contributed by atoms with van der Waals surface area (Å²) in [4.78, 5) is 22.3. The van der Waals surface area contributed by atoms with Gasteiger partial charge in [-0.15, -0.1) is 0 Å². The Morgan fingerprint density at radius 2 is 2.06 bits per heavy atom. The number of rotatable bonds is 2. The van der Waals surface area contributed by atoms with Crippen LogP contribution in [0.1, 0.15) is 27.2 Å². The van der Waals surface area contributed by atoms with Gasteiger partial charge >= 0.3 is 12.1 Å². The Morgan fingerprint density at radius 3 is 2.56 bits per heavy atom. The Balaban J connectivity index is 2.51. The van der Waals surface area contributed by atoms with E-state index in [9.17, 15) is 9.59 Å². The van der Waals surface area contributed by atoms with Crippen LogP contribution in [0.3, 0.4) is 0 Å². The van der Waals surface area contributed by atoms with Crippen molar-refractivity contribution < 1.29 is 19.4 Å². The average molecular weight is 227 g/mol. The van der Waals surface area contributed by atoms with Crippen molar-refractivity contribution in [2.75, 3.05) is 0 Å². The predicted molar refractivity (Wildman–Crippen MR) is 58.0 cm³/mol. The van der Waals surface area contributed by atoms with Gasteiger partial charge in [0.25, 0.3) is 0 Å². The third kappa shape index (κ3) is 3.56. The molecule has 0 fully saturated rings. The number of alkyl carbamates (subject to hydrolysis) is 1. The Kier molecular flexibility index (Phi) is 3.57. The minimum atomic E-state index is -0.911. The van der Waals surface area contributed by atoms with Crippen LogP contribution in [-0.2, 0) is 9.53 Å². The molecule has 0 spiro atoms. The molecular weight excluding hydrogens is 210 g/mol. The molecule has 0 aromatic heterocycles. The zero-order chi connectivity index (χ0) is 12.3. The summed E-state index contributed by atoms with van der Waals surface area (Å²) in [6.07, 6.45) is 3.29. The Bertz CT molecular complexity index is 316. The third-order valence-corrected chi connectivity index (χ3v) is 2.17. The Morgan fingerprint density at radius 1 is 1.44 bits per heavy atom. The second-order valence-corrected chi connectivity index (χ2v) is 4.78. The largest absolute Gasteiger partial charge is 0.481 e. The van der Waals surface area contributed by atoms with Crippen LogP contribution in [0.25, 0.3) is 0 Å². The highest BCUT2D eigenvalue weighted by molar-refractivity contribution is 5.75. The molecule has 1 amide bonds. The second-order valence-electron chi connectivity index (χ2n) is 4.78. The fourth-order valence-corrected chi connectivity index (χ4v) is 1.50. The maximum atomic E-state index is 11.4. The third-order valence-electron chi connectivity index (χ3n) is 2.17. The monoisotopic (exact) mass is 227 g/mol. The van der Waals surface area contributed by atoms with Gasteiger partial charge in [0, 0.05) is 0 Å². The number of carboxylic acid groups (broad SMARTS) is 1. The van der Waals surface area contributed by atoms with Gasteiger partial charge in [0.05, 0.1) is 12.0 Å². The number of ether oxygens (including phenoxy) is 1. The second kappa shape index (κ2) is 4.55. The number of allylic oxidation sites excluding steroid dienone is 1. The molecule has 1 rings (SSSR count). The molecule has 90 valence electrons. The van der Waals surface area contributed by atoms with E-state index >= 15 is 0 Å². The fraction of sp³-hybridized carbons (Fsp3) is 0.636. The van der Waals surface area contributed by atoms with Crippen molar-refractivity contribution in [1.29, 1.82) is 0 Å². The van der Waals surface area contributed by atoms with Crippen molar-refractivity contribution in [3.05, 3.63) is 12.2 Å². The maximum absolute atomic E-state index is 11.4. The van der Waals surface area contributed by atoms with Gasteiger partial charge in [-0.25, -0.2) is 4.79 Å². The summed E-state index contributed by atoms with van der Waals surface area (Å²) in [5.74, 6) is -1.50. The summed E-state index contributed by atoms with van der Waals surface area (Å²) in [5, 5.41) is 11.4. The van der Waals surface area contributed by atoms with Crippen molar-refractivity contribution in [2.45, 2.75) is 38.8 Å². The van der Waals surface area contributed by atoms with Gasteiger partial charge in [0.2, 0.25) is 0 Å². The first-order valence-corrected chi connectivity index (χ1v) is 5.18. The van der Waals surface area contributed by atoms with Crippen LogP contribution in [0.4, 0.5) is 4.79 Å². The maximum Gasteiger partial charge on any atom is 0.408 e. The van der Waals surface area contributed by atoms with E-state index in [-0.39, 0.29) is 0 Å². The van der Waals surface area contributed by atoms with E-state index in [4.69, 9.17) is 9.84 Å². The minimum Gasteiger partial charge on any atom is -0.481 e. The SMILES string of the molecule is CC(C)(C)OC(=O)NC1C=CC[C@H]1C(=O)O. The molecule has 0 aromatic carbocycles. The first-order chi connectivity index (χ1) is 7.29. The average Bonchev–Trinajstić information content (AvgIpc) is 2.47. The zero-order valence-electron chi connectivity index (χ0n) is 9.69. The van der Waals surface area contributed by atoms with Crippen molar-refractivity contribution >= 4 is 12.1 Å². The molecule has 5 heteroatoms. The summed E-state index contributed by atoms with van der Waals surface area (Å²) in [5.41, 5.74) is -0.578. The van der Waals surface area contributed by atoms with Gasteiger partial charge in [-0.05, 0) is 27.2 Å². The van der Waals surface area contributed by atoms with E-state index in [1.165, 1.54) is 0 Å². The molecule has 2 N–H and O–H groups in total. The number of amides is 1. The van der Waals surface area contributed by atoms with Crippen LogP contribution in [0.5, 0.6) is 0 Å². The van der Waals surface area contributed by atoms with E-state index in [1.54, 1.807) is 32.9 Å². The lowest BCUT2D eigenvalue weighted by Crippen LogP contribution is -2.42. The summed E-state index contributed by atoms with van der Waals surface area (Å²) in [6, 6.07) is -0.479.